The number of sulfone groups is 1. The van der Waals surface area contributed by atoms with E-state index in [2.05, 4.69) is 20.7 Å². The van der Waals surface area contributed by atoms with Crippen molar-refractivity contribution in [1.29, 1.82) is 0 Å². The zero-order valence-corrected chi connectivity index (χ0v) is 9.66. The molecule has 0 fully saturated rings. The largest absolute Gasteiger partial charge is 0.310 e. The third-order valence-corrected chi connectivity index (χ3v) is 2.73. The van der Waals surface area contributed by atoms with E-state index < -0.39 is 9.84 Å². The molecule has 86 valence electrons. The molecule has 1 aromatic rings. The standard InChI is InChI=1S/C7H15N5O2S/c1-12-10-7(9-11-12)6-8-4-3-5-15(2,13)14/h8H,3-6H2,1-2H3. The van der Waals surface area contributed by atoms with Gasteiger partial charge in [0.25, 0.3) is 0 Å². The molecule has 1 heterocycles. The lowest BCUT2D eigenvalue weighted by Gasteiger charge is -2.00. The van der Waals surface area contributed by atoms with Crippen LogP contribution in [0.5, 0.6) is 0 Å². The van der Waals surface area contributed by atoms with Gasteiger partial charge < -0.3 is 5.32 Å². The second-order valence-corrected chi connectivity index (χ2v) is 5.62. The Morgan fingerprint density at radius 3 is 2.73 bits per heavy atom. The van der Waals surface area contributed by atoms with Crippen molar-refractivity contribution in [2.24, 2.45) is 7.05 Å². The van der Waals surface area contributed by atoms with Crippen LogP contribution in [0.2, 0.25) is 0 Å². The Labute approximate surface area is 88.8 Å². The highest BCUT2D eigenvalue weighted by Gasteiger charge is 2.02. The van der Waals surface area contributed by atoms with E-state index >= 15 is 0 Å². The topological polar surface area (TPSA) is 89.8 Å². The van der Waals surface area contributed by atoms with Crippen molar-refractivity contribution in [2.75, 3.05) is 18.6 Å². The van der Waals surface area contributed by atoms with Gasteiger partial charge >= 0.3 is 0 Å². The molecule has 0 aliphatic rings. The molecular weight excluding hydrogens is 218 g/mol. The number of nitrogens with one attached hydrogen (secondary N) is 1. The molecule has 1 aromatic heterocycles. The lowest BCUT2D eigenvalue weighted by atomic mass is 10.4. The van der Waals surface area contributed by atoms with Crippen molar-refractivity contribution in [2.45, 2.75) is 13.0 Å². The molecule has 8 heteroatoms. The number of nitrogens with zero attached hydrogens (tertiary/aromatic N) is 4. The van der Waals surface area contributed by atoms with Gasteiger partial charge in [-0.1, -0.05) is 0 Å². The van der Waals surface area contributed by atoms with Gasteiger partial charge in [0.1, 0.15) is 9.84 Å². The van der Waals surface area contributed by atoms with E-state index in [4.69, 9.17) is 0 Å². The summed E-state index contributed by atoms with van der Waals surface area (Å²) in [5.41, 5.74) is 0. The fraction of sp³-hybridized carbons (Fsp3) is 0.857. The Morgan fingerprint density at radius 2 is 2.20 bits per heavy atom. The van der Waals surface area contributed by atoms with Crippen molar-refractivity contribution in [1.82, 2.24) is 25.5 Å². The van der Waals surface area contributed by atoms with Crippen molar-refractivity contribution in [3.8, 4) is 0 Å². The maximum atomic E-state index is 10.8. The molecule has 1 N–H and O–H groups in total. The molecule has 7 nitrogen and oxygen atoms in total. The molecule has 0 saturated heterocycles. The molecule has 0 aliphatic heterocycles. The van der Waals surface area contributed by atoms with Crippen LogP contribution in [-0.4, -0.2) is 47.2 Å². The van der Waals surface area contributed by atoms with Crippen molar-refractivity contribution in [3.63, 3.8) is 0 Å². The summed E-state index contributed by atoms with van der Waals surface area (Å²) in [6.45, 7) is 1.14. The number of aryl methyl sites for hydroxylation is 1. The number of aromatic nitrogens is 4. The van der Waals surface area contributed by atoms with Gasteiger partial charge in [-0.25, -0.2) is 8.42 Å². The normalized spacial score (nSPS) is 11.9. The maximum Gasteiger partial charge on any atom is 0.188 e. The van der Waals surface area contributed by atoms with Crippen LogP contribution in [0.4, 0.5) is 0 Å². The SMILES string of the molecule is Cn1nnc(CNCCCS(C)(=O)=O)n1. The van der Waals surface area contributed by atoms with Crippen LogP contribution in [0.1, 0.15) is 12.2 Å². The van der Waals surface area contributed by atoms with E-state index in [0.717, 1.165) is 0 Å². The second-order valence-electron chi connectivity index (χ2n) is 3.36. The van der Waals surface area contributed by atoms with Gasteiger partial charge in [-0.05, 0) is 18.2 Å². The molecule has 0 atom stereocenters. The average Bonchev–Trinajstić information content (AvgIpc) is 2.49. The van der Waals surface area contributed by atoms with Crippen molar-refractivity contribution < 1.29 is 8.42 Å². The van der Waals surface area contributed by atoms with Crippen LogP contribution in [0.25, 0.3) is 0 Å². The Kier molecular flexibility index (Phi) is 4.15. The highest BCUT2D eigenvalue weighted by molar-refractivity contribution is 7.90. The van der Waals surface area contributed by atoms with Crippen LogP contribution >= 0.6 is 0 Å². The predicted octanol–water partition coefficient (Wildman–Crippen LogP) is -1.27. The zero-order chi connectivity index (χ0) is 11.3. The summed E-state index contributed by atoms with van der Waals surface area (Å²) in [5, 5.41) is 14.5. The number of tetrazole rings is 1. The van der Waals surface area contributed by atoms with Crippen LogP contribution in [-0.2, 0) is 23.4 Å². The highest BCUT2D eigenvalue weighted by atomic mass is 32.2. The highest BCUT2D eigenvalue weighted by Crippen LogP contribution is 1.88. The second kappa shape index (κ2) is 5.17. The summed E-state index contributed by atoms with van der Waals surface area (Å²) < 4.78 is 21.6. The molecular formula is C7H15N5O2S. The van der Waals surface area contributed by atoms with E-state index in [0.29, 0.717) is 25.3 Å². The summed E-state index contributed by atoms with van der Waals surface area (Å²) in [4.78, 5) is 1.38. The smallest absolute Gasteiger partial charge is 0.188 e. The first-order chi connectivity index (χ1) is 6.97. The Hall–Kier alpha value is -1.02. The number of rotatable bonds is 6. The van der Waals surface area contributed by atoms with E-state index in [1.54, 1.807) is 7.05 Å². The quantitative estimate of drug-likeness (QED) is 0.616. The van der Waals surface area contributed by atoms with Crippen LogP contribution < -0.4 is 5.32 Å². The van der Waals surface area contributed by atoms with Gasteiger partial charge in [-0.15, -0.1) is 10.2 Å². The van der Waals surface area contributed by atoms with Gasteiger partial charge in [-0.2, -0.15) is 4.80 Å². The molecule has 0 radical (unpaired) electrons. The van der Waals surface area contributed by atoms with E-state index in [-0.39, 0.29) is 5.75 Å². The molecule has 1 rings (SSSR count). The molecule has 0 amide bonds. The summed E-state index contributed by atoms with van der Waals surface area (Å²) in [6, 6.07) is 0. The van der Waals surface area contributed by atoms with Crippen molar-refractivity contribution >= 4 is 9.84 Å². The first-order valence-corrected chi connectivity index (χ1v) is 6.65. The third kappa shape index (κ3) is 5.43. The van der Waals surface area contributed by atoms with Crippen LogP contribution in [0, 0.1) is 0 Å². The monoisotopic (exact) mass is 233 g/mol. The first kappa shape index (κ1) is 12.1. The van der Waals surface area contributed by atoms with E-state index in [1.165, 1.54) is 11.1 Å². The van der Waals surface area contributed by atoms with Gasteiger partial charge in [-0.3, -0.25) is 0 Å². The Balaban J connectivity index is 2.12. The van der Waals surface area contributed by atoms with Gasteiger partial charge in [0.2, 0.25) is 0 Å². The first-order valence-electron chi connectivity index (χ1n) is 4.59. The van der Waals surface area contributed by atoms with Gasteiger partial charge in [0, 0.05) is 6.26 Å². The minimum atomic E-state index is -2.85. The van der Waals surface area contributed by atoms with Gasteiger partial charge in [0.05, 0.1) is 19.3 Å². The van der Waals surface area contributed by atoms with E-state index in [1.807, 2.05) is 0 Å². The molecule has 0 bridgehead atoms. The number of hydrogen-bond donors (Lipinski definition) is 1. The summed E-state index contributed by atoms with van der Waals surface area (Å²) in [5.74, 6) is 0.810. The van der Waals surface area contributed by atoms with Gasteiger partial charge in [0.15, 0.2) is 5.82 Å². The molecule has 0 spiro atoms. The molecule has 0 unspecified atom stereocenters. The Morgan fingerprint density at radius 1 is 1.47 bits per heavy atom. The molecule has 15 heavy (non-hydrogen) atoms. The fourth-order valence-electron chi connectivity index (χ4n) is 1.05. The Bertz CT molecular complexity index is 399. The lowest BCUT2D eigenvalue weighted by molar-refractivity contribution is 0.591. The lowest BCUT2D eigenvalue weighted by Crippen LogP contribution is -2.18. The van der Waals surface area contributed by atoms with Crippen molar-refractivity contribution in [3.05, 3.63) is 5.82 Å². The van der Waals surface area contributed by atoms with Crippen LogP contribution in [0.15, 0.2) is 0 Å². The average molecular weight is 233 g/mol. The minimum Gasteiger partial charge on any atom is -0.310 e. The minimum absolute atomic E-state index is 0.202. The summed E-state index contributed by atoms with van der Waals surface area (Å²) >= 11 is 0. The third-order valence-electron chi connectivity index (χ3n) is 1.70. The predicted molar refractivity (Wildman–Crippen MR) is 54.8 cm³/mol. The van der Waals surface area contributed by atoms with E-state index in [9.17, 15) is 8.42 Å². The number of hydrogen-bond acceptors (Lipinski definition) is 6. The maximum absolute atomic E-state index is 10.8. The summed E-state index contributed by atoms with van der Waals surface area (Å²) in [6.07, 6.45) is 1.83. The van der Waals surface area contributed by atoms with Crippen LogP contribution in [0.3, 0.4) is 0 Å². The molecule has 0 saturated carbocycles. The zero-order valence-electron chi connectivity index (χ0n) is 8.84. The summed E-state index contributed by atoms with van der Waals surface area (Å²) in [7, 11) is -1.16. The fourth-order valence-corrected chi connectivity index (χ4v) is 1.72. The molecule has 0 aliphatic carbocycles. The molecule has 0 aromatic carbocycles.